The average molecular weight is 264 g/mol. The second-order valence-electron chi connectivity index (χ2n) is 4.60. The predicted molar refractivity (Wildman–Crippen MR) is 74.6 cm³/mol. The van der Waals surface area contributed by atoms with E-state index >= 15 is 0 Å². The quantitative estimate of drug-likeness (QED) is 0.845. The van der Waals surface area contributed by atoms with Gasteiger partial charge >= 0.3 is 0 Å². The van der Waals surface area contributed by atoms with Gasteiger partial charge < -0.3 is 9.84 Å². The maximum atomic E-state index is 8.71. The molecule has 0 spiro atoms. The molecule has 1 aliphatic rings. The SMILES string of the molecule is OCCC#Cc1ccsc1COC1CCCCC1. The molecule has 1 saturated carbocycles. The molecule has 0 unspecified atom stereocenters. The molecule has 1 fully saturated rings. The van der Waals surface area contributed by atoms with E-state index in [2.05, 4.69) is 17.2 Å². The Kier molecular flexibility index (Phi) is 5.73. The first kappa shape index (κ1) is 13.6. The highest BCUT2D eigenvalue weighted by Crippen LogP contribution is 2.23. The number of ether oxygens (including phenoxy) is 1. The number of hydrogen-bond acceptors (Lipinski definition) is 3. The summed E-state index contributed by atoms with van der Waals surface area (Å²) in [5.74, 6) is 6.07. The molecule has 1 aliphatic carbocycles. The van der Waals surface area contributed by atoms with Crippen molar-refractivity contribution in [2.75, 3.05) is 6.61 Å². The van der Waals surface area contributed by atoms with Crippen molar-refractivity contribution in [1.82, 2.24) is 0 Å². The van der Waals surface area contributed by atoms with E-state index in [1.54, 1.807) is 11.3 Å². The second kappa shape index (κ2) is 7.58. The summed E-state index contributed by atoms with van der Waals surface area (Å²) < 4.78 is 5.97. The van der Waals surface area contributed by atoms with Crippen LogP contribution in [-0.4, -0.2) is 17.8 Å². The molecular formula is C15H20O2S. The number of thiophene rings is 1. The van der Waals surface area contributed by atoms with Crippen molar-refractivity contribution < 1.29 is 9.84 Å². The fraction of sp³-hybridized carbons (Fsp3) is 0.600. The molecule has 0 aliphatic heterocycles. The summed E-state index contributed by atoms with van der Waals surface area (Å²) in [5, 5.41) is 10.8. The fourth-order valence-corrected chi connectivity index (χ4v) is 2.95. The van der Waals surface area contributed by atoms with Gasteiger partial charge in [-0.15, -0.1) is 11.3 Å². The smallest absolute Gasteiger partial charge is 0.0825 e. The molecule has 18 heavy (non-hydrogen) atoms. The lowest BCUT2D eigenvalue weighted by atomic mass is 9.98. The summed E-state index contributed by atoms with van der Waals surface area (Å²) in [7, 11) is 0. The number of rotatable bonds is 4. The Bertz CT molecular complexity index is 408. The van der Waals surface area contributed by atoms with E-state index in [4.69, 9.17) is 9.84 Å². The summed E-state index contributed by atoms with van der Waals surface area (Å²) in [6.45, 7) is 0.816. The molecule has 0 aromatic carbocycles. The third-order valence-electron chi connectivity index (χ3n) is 3.21. The van der Waals surface area contributed by atoms with Crippen LogP contribution in [0.1, 0.15) is 49.0 Å². The van der Waals surface area contributed by atoms with Gasteiger partial charge in [0.15, 0.2) is 0 Å². The maximum absolute atomic E-state index is 8.71. The van der Waals surface area contributed by atoms with Gasteiger partial charge in [-0.1, -0.05) is 31.1 Å². The van der Waals surface area contributed by atoms with Crippen LogP contribution in [0.15, 0.2) is 11.4 Å². The van der Waals surface area contributed by atoms with Crippen molar-refractivity contribution in [2.45, 2.75) is 51.2 Å². The number of aliphatic hydroxyl groups excluding tert-OH is 1. The highest BCUT2D eigenvalue weighted by atomic mass is 32.1. The second-order valence-corrected chi connectivity index (χ2v) is 5.60. The molecule has 2 nitrogen and oxygen atoms in total. The van der Waals surface area contributed by atoms with E-state index < -0.39 is 0 Å². The molecule has 1 aromatic heterocycles. The minimum Gasteiger partial charge on any atom is -0.395 e. The van der Waals surface area contributed by atoms with Gasteiger partial charge in [-0.25, -0.2) is 0 Å². The van der Waals surface area contributed by atoms with Crippen LogP contribution in [0.4, 0.5) is 0 Å². The standard InChI is InChI=1S/C15H20O2S/c16-10-5-4-6-13-9-11-18-15(13)12-17-14-7-2-1-3-8-14/h9,11,14,16H,1-3,5,7-8,10,12H2. The summed E-state index contributed by atoms with van der Waals surface area (Å²) >= 11 is 1.71. The molecule has 0 bridgehead atoms. The first-order valence-corrected chi connectivity index (χ1v) is 7.56. The molecule has 0 saturated heterocycles. The van der Waals surface area contributed by atoms with Gasteiger partial charge in [0, 0.05) is 16.9 Å². The maximum Gasteiger partial charge on any atom is 0.0825 e. The van der Waals surface area contributed by atoms with Gasteiger partial charge in [-0.2, -0.15) is 0 Å². The Morgan fingerprint density at radius 3 is 2.94 bits per heavy atom. The topological polar surface area (TPSA) is 29.5 Å². The summed E-state index contributed by atoms with van der Waals surface area (Å²) in [6.07, 6.45) is 7.36. The highest BCUT2D eigenvalue weighted by molar-refractivity contribution is 7.10. The molecule has 3 heteroatoms. The molecule has 0 radical (unpaired) electrons. The zero-order valence-electron chi connectivity index (χ0n) is 10.7. The Balaban J connectivity index is 1.85. The molecule has 1 heterocycles. The summed E-state index contributed by atoms with van der Waals surface area (Å²) in [5.41, 5.74) is 1.06. The zero-order chi connectivity index (χ0) is 12.6. The van der Waals surface area contributed by atoms with Crippen LogP contribution in [0.5, 0.6) is 0 Å². The van der Waals surface area contributed by atoms with Crippen LogP contribution in [0, 0.1) is 11.8 Å². The minimum atomic E-state index is 0.130. The van der Waals surface area contributed by atoms with E-state index in [1.807, 2.05) is 6.07 Å². The van der Waals surface area contributed by atoms with Crippen molar-refractivity contribution in [1.29, 1.82) is 0 Å². The van der Waals surface area contributed by atoms with Gasteiger partial charge in [0.2, 0.25) is 0 Å². The van der Waals surface area contributed by atoms with Crippen molar-refractivity contribution in [3.8, 4) is 11.8 Å². The van der Waals surface area contributed by atoms with Gasteiger partial charge in [0.05, 0.1) is 19.3 Å². The Labute approximate surface area is 113 Å². The molecule has 1 aromatic rings. The lowest BCUT2D eigenvalue weighted by Gasteiger charge is -2.21. The number of aliphatic hydroxyl groups is 1. The molecule has 98 valence electrons. The van der Waals surface area contributed by atoms with Crippen LogP contribution in [-0.2, 0) is 11.3 Å². The van der Waals surface area contributed by atoms with Crippen molar-refractivity contribution in [3.63, 3.8) is 0 Å². The lowest BCUT2D eigenvalue weighted by molar-refractivity contribution is 0.0181. The Morgan fingerprint density at radius 2 is 2.17 bits per heavy atom. The van der Waals surface area contributed by atoms with E-state index in [-0.39, 0.29) is 6.61 Å². The van der Waals surface area contributed by atoms with Gasteiger partial charge in [0.1, 0.15) is 0 Å². The third-order valence-corrected chi connectivity index (χ3v) is 4.10. The van der Waals surface area contributed by atoms with Crippen molar-refractivity contribution in [2.24, 2.45) is 0 Å². The lowest BCUT2D eigenvalue weighted by Crippen LogP contribution is -2.16. The van der Waals surface area contributed by atoms with E-state index in [9.17, 15) is 0 Å². The van der Waals surface area contributed by atoms with Crippen LogP contribution >= 0.6 is 11.3 Å². The van der Waals surface area contributed by atoms with Gasteiger partial charge in [-0.3, -0.25) is 0 Å². The average Bonchev–Trinajstić information content (AvgIpc) is 2.86. The Hall–Kier alpha value is -0.820. The first-order valence-electron chi connectivity index (χ1n) is 6.68. The largest absolute Gasteiger partial charge is 0.395 e. The van der Waals surface area contributed by atoms with Crippen molar-refractivity contribution in [3.05, 3.63) is 21.9 Å². The molecule has 0 amide bonds. The summed E-state index contributed by atoms with van der Waals surface area (Å²) in [6, 6.07) is 2.04. The molecular weight excluding hydrogens is 244 g/mol. The van der Waals surface area contributed by atoms with E-state index in [1.165, 1.54) is 37.0 Å². The summed E-state index contributed by atoms with van der Waals surface area (Å²) in [4.78, 5) is 1.21. The zero-order valence-corrected chi connectivity index (χ0v) is 11.5. The molecule has 2 rings (SSSR count). The van der Waals surface area contributed by atoms with Crippen LogP contribution in [0.2, 0.25) is 0 Å². The number of hydrogen-bond donors (Lipinski definition) is 1. The molecule has 1 N–H and O–H groups in total. The fourth-order valence-electron chi connectivity index (χ4n) is 2.20. The predicted octanol–water partition coefficient (Wildman–Crippen LogP) is 3.33. The first-order chi connectivity index (χ1) is 8.90. The van der Waals surface area contributed by atoms with Crippen LogP contribution in [0.3, 0.4) is 0 Å². The molecule has 0 atom stereocenters. The van der Waals surface area contributed by atoms with Crippen molar-refractivity contribution >= 4 is 11.3 Å². The van der Waals surface area contributed by atoms with Gasteiger partial charge in [0.25, 0.3) is 0 Å². The van der Waals surface area contributed by atoms with E-state index in [0.29, 0.717) is 19.1 Å². The monoisotopic (exact) mass is 264 g/mol. The normalized spacial score (nSPS) is 16.3. The Morgan fingerprint density at radius 1 is 1.33 bits per heavy atom. The van der Waals surface area contributed by atoms with Crippen LogP contribution in [0.25, 0.3) is 0 Å². The third kappa shape index (κ3) is 4.13. The minimum absolute atomic E-state index is 0.130. The van der Waals surface area contributed by atoms with E-state index in [0.717, 1.165) is 5.56 Å². The van der Waals surface area contributed by atoms with Crippen LogP contribution < -0.4 is 0 Å². The highest BCUT2D eigenvalue weighted by Gasteiger charge is 2.14. The van der Waals surface area contributed by atoms with Gasteiger partial charge in [-0.05, 0) is 24.3 Å².